The van der Waals surface area contributed by atoms with Crippen LogP contribution in [0.4, 0.5) is 0 Å². The molecule has 0 fully saturated rings. The van der Waals surface area contributed by atoms with Crippen molar-refractivity contribution in [3.63, 3.8) is 0 Å². The quantitative estimate of drug-likeness (QED) is 0.0344. The molecule has 0 saturated carbocycles. The van der Waals surface area contributed by atoms with E-state index in [4.69, 9.17) is 14.2 Å². The summed E-state index contributed by atoms with van der Waals surface area (Å²) >= 11 is 0. The summed E-state index contributed by atoms with van der Waals surface area (Å²) in [7, 11) is 0. The van der Waals surface area contributed by atoms with Crippen LogP contribution in [0.1, 0.15) is 329 Å². The van der Waals surface area contributed by atoms with Crippen LogP contribution >= 0.6 is 0 Å². The van der Waals surface area contributed by atoms with Gasteiger partial charge < -0.3 is 14.2 Å². The normalized spacial score (nSPS) is 12.4. The van der Waals surface area contributed by atoms with E-state index in [9.17, 15) is 14.4 Å². The average molecular weight is 906 g/mol. The van der Waals surface area contributed by atoms with Gasteiger partial charge in [-0.15, -0.1) is 0 Å². The molecule has 2 atom stereocenters. The maximum Gasteiger partial charge on any atom is 0.306 e. The number of carbonyl (C=O) groups is 3. The zero-order valence-electron chi connectivity index (χ0n) is 43.8. The Morgan fingerprint density at radius 2 is 0.547 bits per heavy atom. The Morgan fingerprint density at radius 3 is 0.812 bits per heavy atom. The first-order valence-electron chi connectivity index (χ1n) is 28.9. The molecule has 0 aliphatic heterocycles. The minimum Gasteiger partial charge on any atom is -0.462 e. The first-order chi connectivity index (χ1) is 31.4. The van der Waals surface area contributed by atoms with Gasteiger partial charge in [-0.3, -0.25) is 14.4 Å². The van der Waals surface area contributed by atoms with Gasteiger partial charge in [0.25, 0.3) is 0 Å². The first-order valence-corrected chi connectivity index (χ1v) is 28.9. The molecule has 0 saturated heterocycles. The minimum atomic E-state index is -0.760. The van der Waals surface area contributed by atoms with Gasteiger partial charge in [-0.25, -0.2) is 0 Å². The second-order valence-corrected chi connectivity index (χ2v) is 20.2. The second kappa shape index (κ2) is 52.4. The number of rotatable bonds is 53. The molecule has 0 aromatic heterocycles. The van der Waals surface area contributed by atoms with Gasteiger partial charge in [0.1, 0.15) is 13.2 Å². The van der Waals surface area contributed by atoms with Gasteiger partial charge >= 0.3 is 17.9 Å². The third kappa shape index (κ3) is 49.8. The molecule has 6 heteroatoms. The molecule has 0 N–H and O–H groups in total. The zero-order chi connectivity index (χ0) is 46.7. The van der Waals surface area contributed by atoms with Gasteiger partial charge in [-0.2, -0.15) is 0 Å². The van der Waals surface area contributed by atoms with Gasteiger partial charge in [-0.05, 0) is 25.2 Å². The highest BCUT2D eigenvalue weighted by Crippen LogP contribution is 2.18. The Bertz CT molecular complexity index is 966. The van der Waals surface area contributed by atoms with Crippen molar-refractivity contribution in [1.82, 2.24) is 0 Å². The minimum absolute atomic E-state index is 0.0619. The molecule has 0 aliphatic carbocycles. The van der Waals surface area contributed by atoms with Crippen molar-refractivity contribution in [3.8, 4) is 0 Å². The summed E-state index contributed by atoms with van der Waals surface area (Å²) in [6, 6.07) is 0. The van der Waals surface area contributed by atoms with Crippen molar-refractivity contribution in [3.05, 3.63) is 0 Å². The molecule has 64 heavy (non-hydrogen) atoms. The van der Waals surface area contributed by atoms with Crippen molar-refractivity contribution in [2.24, 2.45) is 5.92 Å². The highest BCUT2D eigenvalue weighted by molar-refractivity contribution is 5.71. The van der Waals surface area contributed by atoms with Crippen LogP contribution in [0.5, 0.6) is 0 Å². The maximum atomic E-state index is 12.8. The predicted molar refractivity (Wildman–Crippen MR) is 275 cm³/mol. The van der Waals surface area contributed by atoms with E-state index < -0.39 is 6.10 Å². The number of hydrogen-bond donors (Lipinski definition) is 0. The Kier molecular flexibility index (Phi) is 51.1. The molecule has 0 amide bonds. The standard InChI is InChI=1S/C58H112O6/c1-5-8-10-12-14-16-18-25-30-33-37-41-45-49-56(59)62-52-55(64-58(61)51-47-43-39-35-28-17-15-13-11-9-6-2)53-63-57(60)50-46-42-38-34-31-27-24-22-20-19-21-23-26-29-32-36-40-44-48-54(4)7-3/h54-55H,5-53H2,1-4H3/t54?,55-/m0/s1. The molecular formula is C58H112O6. The summed E-state index contributed by atoms with van der Waals surface area (Å²) in [6.07, 6.45) is 56.6. The number of carbonyl (C=O) groups excluding carboxylic acids is 3. The molecule has 0 spiro atoms. The third-order valence-electron chi connectivity index (χ3n) is 13.7. The van der Waals surface area contributed by atoms with E-state index in [1.807, 2.05) is 0 Å². The van der Waals surface area contributed by atoms with E-state index >= 15 is 0 Å². The molecular weight excluding hydrogens is 793 g/mol. The maximum absolute atomic E-state index is 12.8. The summed E-state index contributed by atoms with van der Waals surface area (Å²) in [6.45, 7) is 9.09. The Labute approximate surface area is 399 Å². The summed E-state index contributed by atoms with van der Waals surface area (Å²) in [5, 5.41) is 0. The SMILES string of the molecule is CCCCCCCCCCCCCCCC(=O)OC[C@@H](COC(=O)CCCCCCCCCCCCCCCCCCCCC(C)CC)OC(=O)CCCCCCCCCCCCC. The molecule has 380 valence electrons. The second-order valence-electron chi connectivity index (χ2n) is 20.2. The lowest BCUT2D eigenvalue weighted by Gasteiger charge is -2.18. The molecule has 0 rings (SSSR count). The highest BCUT2D eigenvalue weighted by atomic mass is 16.6. The fourth-order valence-electron chi connectivity index (χ4n) is 8.89. The summed E-state index contributed by atoms with van der Waals surface area (Å²) < 4.78 is 16.9. The summed E-state index contributed by atoms with van der Waals surface area (Å²) in [5.74, 6) is 0.0726. The molecule has 0 aliphatic rings. The van der Waals surface area contributed by atoms with E-state index in [1.54, 1.807) is 0 Å². The van der Waals surface area contributed by atoms with Crippen LogP contribution in [0.15, 0.2) is 0 Å². The van der Waals surface area contributed by atoms with E-state index in [2.05, 4.69) is 27.7 Å². The lowest BCUT2D eigenvalue weighted by Crippen LogP contribution is -2.30. The lowest BCUT2D eigenvalue weighted by molar-refractivity contribution is -0.167. The van der Waals surface area contributed by atoms with Crippen LogP contribution in [0, 0.1) is 5.92 Å². The molecule has 0 heterocycles. The fourth-order valence-corrected chi connectivity index (χ4v) is 8.89. The first kappa shape index (κ1) is 62.4. The molecule has 1 unspecified atom stereocenters. The smallest absolute Gasteiger partial charge is 0.306 e. The van der Waals surface area contributed by atoms with E-state index in [0.29, 0.717) is 19.3 Å². The van der Waals surface area contributed by atoms with Crippen molar-refractivity contribution < 1.29 is 28.6 Å². The largest absolute Gasteiger partial charge is 0.462 e. The molecule has 0 bridgehead atoms. The summed E-state index contributed by atoms with van der Waals surface area (Å²) in [4.78, 5) is 38.0. The molecule has 6 nitrogen and oxygen atoms in total. The average Bonchev–Trinajstić information content (AvgIpc) is 3.29. The topological polar surface area (TPSA) is 78.9 Å². The van der Waals surface area contributed by atoms with Crippen LogP contribution in [-0.2, 0) is 28.6 Å². The number of esters is 3. The number of ether oxygens (including phenoxy) is 3. The number of unbranched alkanes of at least 4 members (excludes halogenated alkanes) is 39. The molecule has 0 aromatic rings. The van der Waals surface area contributed by atoms with Crippen molar-refractivity contribution in [2.75, 3.05) is 13.2 Å². The highest BCUT2D eigenvalue weighted by Gasteiger charge is 2.19. The van der Waals surface area contributed by atoms with Crippen molar-refractivity contribution in [1.29, 1.82) is 0 Å². The van der Waals surface area contributed by atoms with Gasteiger partial charge in [0, 0.05) is 19.3 Å². The van der Waals surface area contributed by atoms with Gasteiger partial charge in [0.2, 0.25) is 0 Å². The summed E-state index contributed by atoms with van der Waals surface area (Å²) in [5.41, 5.74) is 0. The fraction of sp³-hybridized carbons (Fsp3) is 0.948. The molecule has 0 aromatic carbocycles. The van der Waals surface area contributed by atoms with E-state index in [0.717, 1.165) is 63.7 Å². The number of hydrogen-bond acceptors (Lipinski definition) is 6. The predicted octanol–water partition coefficient (Wildman–Crippen LogP) is 19.0. The van der Waals surface area contributed by atoms with Crippen LogP contribution in [-0.4, -0.2) is 37.2 Å². The van der Waals surface area contributed by atoms with Crippen LogP contribution in [0.2, 0.25) is 0 Å². The van der Waals surface area contributed by atoms with Crippen LogP contribution < -0.4 is 0 Å². The van der Waals surface area contributed by atoms with Gasteiger partial charge in [0.15, 0.2) is 6.10 Å². The zero-order valence-corrected chi connectivity index (χ0v) is 43.8. The Balaban J connectivity index is 4.18. The van der Waals surface area contributed by atoms with Crippen LogP contribution in [0.25, 0.3) is 0 Å². The van der Waals surface area contributed by atoms with Crippen molar-refractivity contribution >= 4 is 17.9 Å². The molecule has 0 radical (unpaired) electrons. The third-order valence-corrected chi connectivity index (χ3v) is 13.7. The van der Waals surface area contributed by atoms with Crippen molar-refractivity contribution in [2.45, 2.75) is 336 Å². The van der Waals surface area contributed by atoms with E-state index in [1.165, 1.54) is 225 Å². The monoisotopic (exact) mass is 905 g/mol. The Hall–Kier alpha value is -1.59. The van der Waals surface area contributed by atoms with Crippen LogP contribution in [0.3, 0.4) is 0 Å². The Morgan fingerprint density at radius 1 is 0.312 bits per heavy atom. The van der Waals surface area contributed by atoms with E-state index in [-0.39, 0.29) is 31.1 Å². The van der Waals surface area contributed by atoms with Gasteiger partial charge in [0.05, 0.1) is 0 Å². The lowest BCUT2D eigenvalue weighted by atomic mass is 9.99. The van der Waals surface area contributed by atoms with Gasteiger partial charge in [-0.1, -0.05) is 291 Å².